The summed E-state index contributed by atoms with van der Waals surface area (Å²) in [7, 11) is -3.35. The molecule has 0 bridgehead atoms. The zero-order valence-corrected chi connectivity index (χ0v) is 28.4. The van der Waals surface area contributed by atoms with Gasteiger partial charge in [0.05, 0.1) is 23.7 Å². The van der Waals surface area contributed by atoms with E-state index in [1.165, 1.54) is 0 Å². The minimum Gasteiger partial charge on any atom is -0.390 e. The molecule has 2 atom stereocenters. The average molecular weight is 674 g/mol. The summed E-state index contributed by atoms with van der Waals surface area (Å²) in [4.78, 5) is 31.3. The lowest BCUT2D eigenvalue weighted by Gasteiger charge is -2.52. The van der Waals surface area contributed by atoms with Crippen LogP contribution in [0.2, 0.25) is 0 Å². The number of anilines is 1. The van der Waals surface area contributed by atoms with Crippen LogP contribution in [0.4, 0.5) is 5.69 Å². The Hall–Kier alpha value is -2.38. The second-order valence-electron chi connectivity index (χ2n) is 12.2. The number of halogens is 2. The molecule has 2 aliphatic heterocycles. The zero-order chi connectivity index (χ0) is 30.2. The highest BCUT2D eigenvalue weighted by atomic mass is 35.5. The molecule has 3 heterocycles. The van der Waals surface area contributed by atoms with Crippen LogP contribution in [0.1, 0.15) is 68.8 Å². The minimum absolute atomic E-state index is 0. The Labute approximate surface area is 273 Å². The Balaban J connectivity index is 0.00000264. The molecular weight excluding hydrogens is 627 g/mol. The number of aryl methyl sites for hydroxylation is 1. The molecule has 0 radical (unpaired) electrons. The largest absolute Gasteiger partial charge is 0.390 e. The number of hydrogen-bond donors (Lipinski definition) is 3. The summed E-state index contributed by atoms with van der Waals surface area (Å²) in [6, 6.07) is 6.23. The number of aromatic nitrogens is 2. The van der Waals surface area contributed by atoms with Gasteiger partial charge in [-0.3, -0.25) is 19.2 Å². The van der Waals surface area contributed by atoms with Crippen LogP contribution in [0, 0.1) is 19.8 Å². The van der Waals surface area contributed by atoms with Crippen molar-refractivity contribution >= 4 is 52.3 Å². The van der Waals surface area contributed by atoms with Crippen LogP contribution in [-0.4, -0.2) is 88.5 Å². The van der Waals surface area contributed by atoms with Crippen LogP contribution in [0.25, 0.3) is 5.69 Å². The number of benzene rings is 1. The van der Waals surface area contributed by atoms with Crippen molar-refractivity contribution in [2.24, 2.45) is 5.92 Å². The molecule has 14 heteroatoms. The van der Waals surface area contributed by atoms with Crippen molar-refractivity contribution < 1.29 is 23.1 Å². The second kappa shape index (κ2) is 14.4. The first-order chi connectivity index (χ1) is 19.9. The molecule has 1 spiro atoms. The van der Waals surface area contributed by atoms with E-state index < -0.39 is 27.7 Å². The summed E-state index contributed by atoms with van der Waals surface area (Å²) < 4.78 is 27.4. The maximum Gasteiger partial charge on any atom is 0.248 e. The van der Waals surface area contributed by atoms with Crippen molar-refractivity contribution in [1.29, 1.82) is 0 Å². The zero-order valence-electron chi connectivity index (χ0n) is 25.9. The van der Waals surface area contributed by atoms with Gasteiger partial charge in [-0.1, -0.05) is 19.3 Å². The van der Waals surface area contributed by atoms with Gasteiger partial charge >= 0.3 is 0 Å². The van der Waals surface area contributed by atoms with E-state index in [1.54, 1.807) is 17.0 Å². The number of piperidine rings is 1. The van der Waals surface area contributed by atoms with Gasteiger partial charge in [0.25, 0.3) is 0 Å². The van der Waals surface area contributed by atoms with E-state index >= 15 is 0 Å². The predicted molar refractivity (Wildman–Crippen MR) is 175 cm³/mol. The van der Waals surface area contributed by atoms with Crippen LogP contribution >= 0.6 is 24.8 Å². The van der Waals surface area contributed by atoms with Gasteiger partial charge in [0.1, 0.15) is 11.6 Å². The first-order valence-corrected chi connectivity index (χ1v) is 17.0. The summed E-state index contributed by atoms with van der Waals surface area (Å²) in [6.07, 6.45) is 6.41. The van der Waals surface area contributed by atoms with Gasteiger partial charge < -0.3 is 15.3 Å². The maximum absolute atomic E-state index is 13.6. The third-order valence-electron chi connectivity index (χ3n) is 9.47. The molecule has 1 saturated carbocycles. The fourth-order valence-corrected chi connectivity index (χ4v) is 7.68. The van der Waals surface area contributed by atoms with Crippen molar-refractivity contribution in [2.45, 2.75) is 89.9 Å². The monoisotopic (exact) mass is 672 g/mol. The highest BCUT2D eigenvalue weighted by Gasteiger charge is 2.55. The number of piperazine rings is 1. The SMILES string of the molecule is CCN1C(=O)[C@@H]([C@H](O)C2CCCCC2)NC(=O)C12CCN(Cc1c(C)nn(-c3ccc(NS(C)(=O)=O)cc3)c1C)CC2.Cl.Cl. The predicted octanol–water partition coefficient (Wildman–Crippen LogP) is 3.33. The van der Waals surface area contributed by atoms with E-state index in [0.29, 0.717) is 44.7 Å². The summed E-state index contributed by atoms with van der Waals surface area (Å²) in [5.41, 5.74) is 3.45. The fraction of sp³-hybridized carbons (Fsp3) is 0.633. The molecule has 3 aliphatic rings. The molecule has 2 saturated heterocycles. The number of likely N-dealkylation sites (tertiary alicyclic amines) is 1. The summed E-state index contributed by atoms with van der Waals surface area (Å²) >= 11 is 0. The number of aliphatic hydroxyl groups is 1. The summed E-state index contributed by atoms with van der Waals surface area (Å²) in [5.74, 6) is -0.246. The number of likely N-dealkylation sites (N-methyl/N-ethyl adjacent to an activating group) is 1. The van der Waals surface area contributed by atoms with Gasteiger partial charge in [-0.2, -0.15) is 5.10 Å². The molecule has 0 unspecified atom stereocenters. The number of sulfonamides is 1. The number of aliphatic hydroxyl groups excluding tert-OH is 1. The molecule has 2 aromatic rings. The Kier molecular flexibility index (Phi) is 11.8. The molecule has 1 aliphatic carbocycles. The van der Waals surface area contributed by atoms with Crippen molar-refractivity contribution in [2.75, 3.05) is 30.6 Å². The quantitative estimate of drug-likeness (QED) is 0.391. The van der Waals surface area contributed by atoms with Crippen molar-refractivity contribution in [3.63, 3.8) is 0 Å². The number of nitrogens with one attached hydrogen (secondary N) is 2. The van der Waals surface area contributed by atoms with Gasteiger partial charge in [0.15, 0.2) is 0 Å². The number of rotatable bonds is 8. The Bertz CT molecular complexity index is 1420. The smallest absolute Gasteiger partial charge is 0.248 e. The van der Waals surface area contributed by atoms with Crippen molar-refractivity contribution in [1.82, 2.24) is 24.9 Å². The molecular formula is C30H46Cl2N6O5S. The molecule has 1 aromatic heterocycles. The minimum atomic E-state index is -3.35. The first-order valence-electron chi connectivity index (χ1n) is 15.1. The summed E-state index contributed by atoms with van der Waals surface area (Å²) in [6.45, 7) is 8.34. The normalized spacial score (nSPS) is 21.8. The van der Waals surface area contributed by atoms with Gasteiger partial charge in [0, 0.05) is 43.1 Å². The van der Waals surface area contributed by atoms with Crippen molar-refractivity contribution in [3.8, 4) is 5.69 Å². The van der Waals surface area contributed by atoms with Gasteiger partial charge in [-0.25, -0.2) is 13.1 Å². The van der Waals surface area contributed by atoms with Crippen LogP contribution in [0.15, 0.2) is 24.3 Å². The summed E-state index contributed by atoms with van der Waals surface area (Å²) in [5, 5.41) is 18.8. The number of carbonyl (C=O) groups excluding carboxylic acids is 2. The number of nitrogens with zero attached hydrogens (tertiary/aromatic N) is 4. The van der Waals surface area contributed by atoms with Crippen LogP contribution in [0.3, 0.4) is 0 Å². The van der Waals surface area contributed by atoms with E-state index in [-0.39, 0.29) is 42.5 Å². The average Bonchev–Trinajstić information content (AvgIpc) is 3.24. The molecule has 246 valence electrons. The van der Waals surface area contributed by atoms with E-state index in [2.05, 4.69) is 14.9 Å². The third kappa shape index (κ3) is 7.20. The number of amides is 2. The maximum atomic E-state index is 13.6. The van der Waals surface area contributed by atoms with Crippen LogP contribution in [-0.2, 0) is 26.2 Å². The van der Waals surface area contributed by atoms with E-state index in [0.717, 1.165) is 61.0 Å². The van der Waals surface area contributed by atoms with Crippen LogP contribution in [0.5, 0.6) is 0 Å². The molecule has 5 rings (SSSR count). The first kappa shape index (κ1) is 36.1. The van der Waals surface area contributed by atoms with E-state index in [4.69, 9.17) is 5.10 Å². The standard InChI is InChI=1S/C30H44N6O5S.2ClH/c1-5-35-28(38)26(27(37)22-9-7-6-8-10-22)31-29(39)30(35)15-17-34(18-16-30)19-25-20(2)32-36(21(25)3)24-13-11-23(12-14-24)33-42(4,40)41;;/h11-14,22,26-27,33,37H,5-10,15-19H2,1-4H3,(H,31,39);2*1H/t26-,27-;;/m1../s1. The van der Waals surface area contributed by atoms with Gasteiger partial charge in [-0.15, -0.1) is 24.8 Å². The number of carbonyl (C=O) groups is 2. The van der Waals surface area contributed by atoms with Crippen molar-refractivity contribution in [3.05, 3.63) is 41.2 Å². The molecule has 3 fully saturated rings. The second-order valence-corrected chi connectivity index (χ2v) is 14.0. The molecule has 11 nitrogen and oxygen atoms in total. The molecule has 2 amide bonds. The lowest BCUT2D eigenvalue weighted by molar-refractivity contribution is -0.165. The third-order valence-corrected chi connectivity index (χ3v) is 10.1. The number of hydrogen-bond acceptors (Lipinski definition) is 7. The highest BCUT2D eigenvalue weighted by molar-refractivity contribution is 7.92. The lowest BCUT2D eigenvalue weighted by atomic mass is 9.78. The van der Waals surface area contributed by atoms with Gasteiger partial charge in [-0.05, 0) is 76.6 Å². The van der Waals surface area contributed by atoms with E-state index in [1.807, 2.05) is 37.6 Å². The van der Waals surface area contributed by atoms with Gasteiger partial charge in [0.2, 0.25) is 21.8 Å². The highest BCUT2D eigenvalue weighted by Crippen LogP contribution is 2.36. The Morgan fingerprint density at radius 1 is 1.07 bits per heavy atom. The van der Waals surface area contributed by atoms with E-state index in [9.17, 15) is 23.1 Å². The molecule has 44 heavy (non-hydrogen) atoms. The van der Waals surface area contributed by atoms with Crippen LogP contribution < -0.4 is 10.0 Å². The Morgan fingerprint density at radius 2 is 1.68 bits per heavy atom. The fourth-order valence-electron chi connectivity index (χ4n) is 7.12. The molecule has 1 aromatic carbocycles. The lowest BCUT2D eigenvalue weighted by Crippen LogP contribution is -2.74. The molecule has 3 N–H and O–H groups in total. The Morgan fingerprint density at radius 3 is 2.25 bits per heavy atom. The topological polar surface area (TPSA) is 137 Å².